The molecule has 0 fully saturated rings. The van der Waals surface area contributed by atoms with Crippen LogP contribution in [0, 0.1) is 11.6 Å². The maximum absolute atomic E-state index is 13.2. The number of rotatable bonds is 3. The Morgan fingerprint density at radius 2 is 2.12 bits per heavy atom. The molecule has 0 aliphatic heterocycles. The number of hydrogen-bond acceptors (Lipinski definition) is 5. The van der Waals surface area contributed by atoms with Gasteiger partial charge >= 0.3 is 0 Å². The highest BCUT2D eigenvalue weighted by Gasteiger charge is 2.12. The fraction of sp³-hybridized carbons (Fsp3) is 0.111. The molecule has 0 amide bonds. The predicted molar refractivity (Wildman–Crippen MR) is 54.2 cm³/mol. The van der Waals surface area contributed by atoms with Gasteiger partial charge in [-0.3, -0.25) is 0 Å². The lowest BCUT2D eigenvalue weighted by molar-refractivity contribution is 0.411. The van der Waals surface area contributed by atoms with Gasteiger partial charge in [0, 0.05) is 6.54 Å². The molecular formula is C9H7F2N3OS. The van der Waals surface area contributed by atoms with E-state index in [2.05, 4.69) is 10.2 Å². The third-order valence-corrected chi connectivity index (χ3v) is 2.56. The maximum atomic E-state index is 13.2. The zero-order chi connectivity index (χ0) is 11.5. The molecular weight excluding hydrogens is 236 g/mol. The first-order chi connectivity index (χ1) is 7.70. The maximum Gasteiger partial charge on any atom is 0.299 e. The number of benzene rings is 1. The van der Waals surface area contributed by atoms with Crippen molar-refractivity contribution < 1.29 is 13.5 Å². The van der Waals surface area contributed by atoms with Crippen molar-refractivity contribution in [2.75, 3.05) is 0 Å². The zero-order valence-corrected chi connectivity index (χ0v) is 8.80. The summed E-state index contributed by atoms with van der Waals surface area (Å²) >= 11 is 1.08. The summed E-state index contributed by atoms with van der Waals surface area (Å²) in [6.07, 6.45) is 0. The first-order valence-corrected chi connectivity index (χ1v) is 5.16. The van der Waals surface area contributed by atoms with E-state index < -0.39 is 11.6 Å². The highest BCUT2D eigenvalue weighted by Crippen LogP contribution is 2.27. The minimum Gasteiger partial charge on any atom is -0.427 e. The van der Waals surface area contributed by atoms with Crippen LogP contribution in [0.1, 0.15) is 5.01 Å². The molecule has 4 nitrogen and oxygen atoms in total. The van der Waals surface area contributed by atoms with Crippen molar-refractivity contribution in [2.45, 2.75) is 6.54 Å². The highest BCUT2D eigenvalue weighted by atomic mass is 32.1. The van der Waals surface area contributed by atoms with Gasteiger partial charge in [-0.1, -0.05) is 22.5 Å². The summed E-state index contributed by atoms with van der Waals surface area (Å²) < 4.78 is 31.1. The van der Waals surface area contributed by atoms with Crippen LogP contribution in [0.25, 0.3) is 0 Å². The molecule has 1 heterocycles. The number of nitrogens with two attached hydrogens (primary N) is 1. The summed E-state index contributed by atoms with van der Waals surface area (Å²) in [5.74, 6) is -2.24. The summed E-state index contributed by atoms with van der Waals surface area (Å²) in [6, 6.07) is 3.66. The second kappa shape index (κ2) is 4.50. The average molecular weight is 243 g/mol. The molecule has 2 N–H and O–H groups in total. The molecule has 0 saturated heterocycles. The third kappa shape index (κ3) is 2.15. The van der Waals surface area contributed by atoms with Crippen molar-refractivity contribution in [1.82, 2.24) is 10.2 Å². The first-order valence-electron chi connectivity index (χ1n) is 4.35. The standard InChI is InChI=1S/C9H7F2N3OS/c10-5-2-1-3-6(8(5)11)15-9-14-13-7(4-12)16-9/h1-3H,4,12H2. The average Bonchev–Trinajstić information content (AvgIpc) is 2.73. The second-order valence-corrected chi connectivity index (χ2v) is 3.84. The van der Waals surface area contributed by atoms with Crippen LogP contribution in [0.4, 0.5) is 8.78 Å². The van der Waals surface area contributed by atoms with Crippen LogP contribution in [-0.4, -0.2) is 10.2 Å². The Bertz CT molecular complexity index is 503. The Morgan fingerprint density at radius 3 is 2.81 bits per heavy atom. The molecule has 1 aromatic heterocycles. The van der Waals surface area contributed by atoms with Crippen molar-refractivity contribution in [1.29, 1.82) is 0 Å². The van der Waals surface area contributed by atoms with E-state index in [-0.39, 0.29) is 17.5 Å². The number of ether oxygens (including phenoxy) is 1. The molecule has 2 rings (SSSR count). The molecule has 0 aliphatic carbocycles. The Morgan fingerprint density at radius 1 is 1.31 bits per heavy atom. The van der Waals surface area contributed by atoms with Gasteiger partial charge in [-0.05, 0) is 12.1 Å². The zero-order valence-electron chi connectivity index (χ0n) is 7.98. The van der Waals surface area contributed by atoms with Gasteiger partial charge in [0.1, 0.15) is 5.01 Å². The van der Waals surface area contributed by atoms with Crippen LogP contribution >= 0.6 is 11.3 Å². The van der Waals surface area contributed by atoms with Crippen molar-refractivity contribution in [3.63, 3.8) is 0 Å². The van der Waals surface area contributed by atoms with E-state index in [0.717, 1.165) is 17.4 Å². The number of aromatic nitrogens is 2. The molecule has 1 aromatic carbocycles. The summed E-state index contributed by atoms with van der Waals surface area (Å²) in [4.78, 5) is 0. The van der Waals surface area contributed by atoms with E-state index in [0.29, 0.717) is 5.01 Å². The van der Waals surface area contributed by atoms with Gasteiger partial charge in [0.05, 0.1) is 0 Å². The van der Waals surface area contributed by atoms with Gasteiger partial charge in [-0.2, -0.15) is 4.39 Å². The minimum absolute atomic E-state index is 0.130. The quantitative estimate of drug-likeness (QED) is 0.896. The normalized spacial score (nSPS) is 10.4. The lowest BCUT2D eigenvalue weighted by Crippen LogP contribution is -1.94. The molecule has 0 spiro atoms. The second-order valence-electron chi connectivity index (χ2n) is 2.82. The van der Waals surface area contributed by atoms with Crippen molar-refractivity contribution >= 4 is 11.3 Å². The fourth-order valence-electron chi connectivity index (χ4n) is 1.02. The molecule has 0 radical (unpaired) electrons. The lowest BCUT2D eigenvalue weighted by atomic mass is 10.3. The van der Waals surface area contributed by atoms with E-state index in [4.69, 9.17) is 10.5 Å². The summed E-state index contributed by atoms with van der Waals surface area (Å²) in [6.45, 7) is 0.229. The SMILES string of the molecule is NCc1nnc(Oc2cccc(F)c2F)s1. The molecule has 16 heavy (non-hydrogen) atoms. The van der Waals surface area contributed by atoms with Gasteiger partial charge in [-0.15, -0.1) is 5.10 Å². The summed E-state index contributed by atoms with van der Waals surface area (Å²) in [7, 11) is 0. The van der Waals surface area contributed by atoms with Crippen LogP contribution in [0.15, 0.2) is 18.2 Å². The lowest BCUT2D eigenvalue weighted by Gasteiger charge is -2.02. The van der Waals surface area contributed by atoms with Gasteiger partial charge in [0.2, 0.25) is 5.82 Å². The van der Waals surface area contributed by atoms with E-state index in [1.54, 1.807) is 0 Å². The van der Waals surface area contributed by atoms with E-state index in [1.807, 2.05) is 0 Å². The van der Waals surface area contributed by atoms with E-state index in [9.17, 15) is 8.78 Å². The molecule has 0 bridgehead atoms. The molecule has 2 aromatic rings. The van der Waals surface area contributed by atoms with Gasteiger partial charge in [0.25, 0.3) is 5.19 Å². The molecule has 0 atom stereocenters. The number of hydrogen-bond donors (Lipinski definition) is 1. The van der Waals surface area contributed by atoms with Crippen LogP contribution < -0.4 is 10.5 Å². The largest absolute Gasteiger partial charge is 0.427 e. The van der Waals surface area contributed by atoms with Crippen LogP contribution in [0.5, 0.6) is 10.9 Å². The fourth-order valence-corrected chi connectivity index (χ4v) is 1.60. The topological polar surface area (TPSA) is 61.0 Å². The smallest absolute Gasteiger partial charge is 0.299 e. The monoisotopic (exact) mass is 243 g/mol. The molecule has 0 saturated carbocycles. The molecule has 7 heteroatoms. The van der Waals surface area contributed by atoms with Gasteiger partial charge < -0.3 is 10.5 Å². The molecule has 0 unspecified atom stereocenters. The van der Waals surface area contributed by atoms with Crippen LogP contribution in [0.3, 0.4) is 0 Å². The summed E-state index contributed by atoms with van der Waals surface area (Å²) in [5, 5.41) is 8.01. The first kappa shape index (κ1) is 10.9. The van der Waals surface area contributed by atoms with Crippen LogP contribution in [-0.2, 0) is 6.54 Å². The highest BCUT2D eigenvalue weighted by molar-refractivity contribution is 7.13. The Hall–Kier alpha value is -1.60. The van der Waals surface area contributed by atoms with Crippen LogP contribution in [0.2, 0.25) is 0 Å². The minimum atomic E-state index is -1.05. The molecule has 84 valence electrons. The van der Waals surface area contributed by atoms with E-state index >= 15 is 0 Å². The predicted octanol–water partition coefficient (Wildman–Crippen LogP) is 2.07. The van der Waals surface area contributed by atoms with Crippen molar-refractivity contribution in [2.24, 2.45) is 5.73 Å². The van der Waals surface area contributed by atoms with E-state index in [1.165, 1.54) is 12.1 Å². The Balaban J connectivity index is 2.23. The Labute approximate surface area is 93.7 Å². The van der Waals surface area contributed by atoms with Gasteiger partial charge in [0.15, 0.2) is 11.6 Å². The van der Waals surface area contributed by atoms with Crippen molar-refractivity contribution in [3.8, 4) is 10.9 Å². The van der Waals surface area contributed by atoms with Crippen molar-refractivity contribution in [3.05, 3.63) is 34.8 Å². The summed E-state index contributed by atoms with van der Waals surface area (Å²) in [5.41, 5.74) is 5.33. The molecule has 0 aliphatic rings. The third-order valence-electron chi connectivity index (χ3n) is 1.74. The number of nitrogens with zero attached hydrogens (tertiary/aromatic N) is 2. The number of halogens is 2. The Kier molecular flexibility index (Phi) is 3.07. The van der Waals surface area contributed by atoms with Gasteiger partial charge in [-0.25, -0.2) is 4.39 Å².